The van der Waals surface area contributed by atoms with Crippen molar-refractivity contribution in [1.29, 1.82) is 0 Å². The first-order chi connectivity index (χ1) is 15.2. The number of halogens is 1. The molecule has 1 atom stereocenters. The van der Waals surface area contributed by atoms with E-state index in [1.165, 1.54) is 15.9 Å². The van der Waals surface area contributed by atoms with Gasteiger partial charge in [-0.1, -0.05) is 47.5 Å². The van der Waals surface area contributed by atoms with Crippen molar-refractivity contribution in [2.75, 3.05) is 7.05 Å². The Labute approximate surface area is 191 Å². The highest BCUT2D eigenvalue weighted by atomic mass is 35.5. The highest BCUT2D eigenvalue weighted by Crippen LogP contribution is 2.27. The van der Waals surface area contributed by atoms with Crippen LogP contribution in [0.1, 0.15) is 24.4 Å². The van der Waals surface area contributed by atoms with Gasteiger partial charge in [-0.25, -0.2) is 13.4 Å². The minimum atomic E-state index is -3.81. The van der Waals surface area contributed by atoms with E-state index in [4.69, 9.17) is 16.6 Å². The molecule has 1 aromatic heterocycles. The van der Waals surface area contributed by atoms with Crippen LogP contribution in [-0.4, -0.2) is 29.3 Å². The fourth-order valence-corrected chi connectivity index (χ4v) is 5.04. The van der Waals surface area contributed by atoms with Crippen LogP contribution in [0.3, 0.4) is 0 Å². The smallest absolute Gasteiger partial charge is 0.266 e. The van der Waals surface area contributed by atoms with Crippen molar-refractivity contribution in [2.24, 2.45) is 0 Å². The average molecular weight is 468 g/mol. The molecule has 0 bridgehead atoms. The van der Waals surface area contributed by atoms with Crippen LogP contribution >= 0.6 is 11.6 Å². The zero-order chi connectivity index (χ0) is 23.0. The van der Waals surface area contributed by atoms with Crippen LogP contribution in [0.25, 0.3) is 16.6 Å². The Hall–Kier alpha value is -3.00. The van der Waals surface area contributed by atoms with Crippen LogP contribution in [0.4, 0.5) is 0 Å². The summed E-state index contributed by atoms with van der Waals surface area (Å²) >= 11 is 6.14. The number of hydrogen-bond donors (Lipinski definition) is 0. The number of nitrogens with zero attached hydrogens (tertiary/aromatic N) is 3. The van der Waals surface area contributed by atoms with Crippen molar-refractivity contribution in [3.63, 3.8) is 0 Å². The van der Waals surface area contributed by atoms with Crippen molar-refractivity contribution in [3.8, 4) is 5.69 Å². The second-order valence-corrected chi connectivity index (χ2v) is 10.1. The van der Waals surface area contributed by atoms with Crippen molar-refractivity contribution in [2.45, 2.75) is 24.8 Å². The molecule has 0 aliphatic carbocycles. The van der Waals surface area contributed by atoms with Gasteiger partial charge in [-0.05, 0) is 56.3 Å². The van der Waals surface area contributed by atoms with Gasteiger partial charge < -0.3 is 0 Å². The van der Waals surface area contributed by atoms with Crippen LogP contribution in [0.5, 0.6) is 0 Å². The van der Waals surface area contributed by atoms with Gasteiger partial charge in [0.15, 0.2) is 0 Å². The Balaban J connectivity index is 1.95. The summed E-state index contributed by atoms with van der Waals surface area (Å²) < 4.78 is 29.2. The molecule has 3 aromatic carbocycles. The van der Waals surface area contributed by atoms with Gasteiger partial charge in [-0.2, -0.15) is 4.31 Å². The van der Waals surface area contributed by atoms with Gasteiger partial charge >= 0.3 is 0 Å². The molecule has 0 N–H and O–H groups in total. The summed E-state index contributed by atoms with van der Waals surface area (Å²) in [5, 5.41) is 0.848. The lowest BCUT2D eigenvalue weighted by molar-refractivity contribution is 0.379. The van der Waals surface area contributed by atoms with Gasteiger partial charge in [0.25, 0.3) is 5.56 Å². The van der Waals surface area contributed by atoms with Crippen molar-refractivity contribution < 1.29 is 8.42 Å². The number of hydrogen-bond acceptors (Lipinski definition) is 4. The van der Waals surface area contributed by atoms with E-state index in [1.54, 1.807) is 55.5 Å². The Kier molecular flexibility index (Phi) is 5.90. The summed E-state index contributed by atoms with van der Waals surface area (Å²) in [5.41, 5.74) is 1.78. The molecule has 0 radical (unpaired) electrons. The van der Waals surface area contributed by atoms with E-state index < -0.39 is 16.1 Å². The minimum Gasteiger partial charge on any atom is -0.268 e. The normalized spacial score (nSPS) is 12.9. The molecule has 4 aromatic rings. The lowest BCUT2D eigenvalue weighted by Gasteiger charge is -2.26. The third kappa shape index (κ3) is 3.95. The highest BCUT2D eigenvalue weighted by Gasteiger charge is 2.30. The molecule has 0 spiro atoms. The molecule has 164 valence electrons. The zero-order valence-electron chi connectivity index (χ0n) is 17.9. The Morgan fingerprint density at radius 2 is 1.66 bits per heavy atom. The molecule has 0 amide bonds. The Bertz CT molecular complexity index is 1450. The quantitative estimate of drug-likeness (QED) is 0.425. The van der Waals surface area contributed by atoms with E-state index in [0.29, 0.717) is 27.4 Å². The standard InChI is InChI=1S/C24H22ClN3O3S/c1-16-9-12-19(13-10-16)28-23(26-22-15-18(25)11-14-21(22)24(28)29)17(2)27(3)32(30,31)20-7-5-4-6-8-20/h4-15,17H,1-3H3. The number of aromatic nitrogens is 2. The highest BCUT2D eigenvalue weighted by molar-refractivity contribution is 7.89. The minimum absolute atomic E-state index is 0.169. The van der Waals surface area contributed by atoms with E-state index in [9.17, 15) is 13.2 Å². The maximum absolute atomic E-state index is 13.5. The molecular formula is C24H22ClN3O3S. The zero-order valence-corrected chi connectivity index (χ0v) is 19.4. The molecule has 1 unspecified atom stereocenters. The predicted octanol–water partition coefficient (Wildman–Crippen LogP) is 4.73. The van der Waals surface area contributed by atoms with E-state index in [2.05, 4.69) is 0 Å². The summed E-state index contributed by atoms with van der Waals surface area (Å²) in [6.07, 6.45) is 0. The lowest BCUT2D eigenvalue weighted by Crippen LogP contribution is -2.34. The van der Waals surface area contributed by atoms with Gasteiger partial charge in [-0.15, -0.1) is 0 Å². The number of aryl methyl sites for hydroxylation is 1. The fourth-order valence-electron chi connectivity index (χ4n) is 3.53. The molecule has 0 saturated carbocycles. The number of benzene rings is 3. The third-order valence-electron chi connectivity index (χ3n) is 5.49. The van der Waals surface area contributed by atoms with E-state index in [0.717, 1.165) is 5.56 Å². The first kappa shape index (κ1) is 22.2. The fraction of sp³-hybridized carbons (Fsp3) is 0.167. The van der Waals surface area contributed by atoms with Crippen LogP contribution in [0, 0.1) is 6.92 Å². The van der Waals surface area contributed by atoms with Crippen molar-refractivity contribution >= 4 is 32.5 Å². The number of rotatable bonds is 5. The van der Waals surface area contributed by atoms with E-state index in [1.807, 2.05) is 31.2 Å². The molecule has 8 heteroatoms. The monoisotopic (exact) mass is 467 g/mol. The molecule has 0 fully saturated rings. The molecular weight excluding hydrogens is 446 g/mol. The van der Waals surface area contributed by atoms with Gasteiger partial charge in [0.05, 0.1) is 27.5 Å². The summed E-state index contributed by atoms with van der Waals surface area (Å²) in [4.78, 5) is 18.4. The topological polar surface area (TPSA) is 72.3 Å². The van der Waals surface area contributed by atoms with Crippen molar-refractivity contribution in [1.82, 2.24) is 13.9 Å². The largest absolute Gasteiger partial charge is 0.268 e. The first-order valence-electron chi connectivity index (χ1n) is 10.0. The third-order valence-corrected chi connectivity index (χ3v) is 7.67. The predicted molar refractivity (Wildman–Crippen MR) is 127 cm³/mol. The van der Waals surface area contributed by atoms with E-state index >= 15 is 0 Å². The van der Waals surface area contributed by atoms with Crippen molar-refractivity contribution in [3.05, 3.63) is 99.6 Å². The second-order valence-electron chi connectivity index (χ2n) is 7.62. The summed E-state index contributed by atoms with van der Waals surface area (Å²) in [7, 11) is -2.33. The lowest BCUT2D eigenvalue weighted by atomic mass is 10.2. The Morgan fingerprint density at radius 3 is 2.31 bits per heavy atom. The Morgan fingerprint density at radius 1 is 1.00 bits per heavy atom. The van der Waals surface area contributed by atoms with Crippen LogP contribution in [-0.2, 0) is 10.0 Å². The van der Waals surface area contributed by atoms with Crippen LogP contribution in [0.15, 0.2) is 82.5 Å². The molecule has 0 saturated heterocycles. The molecule has 32 heavy (non-hydrogen) atoms. The van der Waals surface area contributed by atoms with Gasteiger partial charge in [0.2, 0.25) is 10.0 Å². The van der Waals surface area contributed by atoms with Gasteiger partial charge in [0, 0.05) is 12.1 Å². The second kappa shape index (κ2) is 8.50. The molecule has 0 aliphatic rings. The molecule has 6 nitrogen and oxygen atoms in total. The molecule has 0 aliphatic heterocycles. The SMILES string of the molecule is Cc1ccc(-n2c(C(C)N(C)S(=O)(=O)c3ccccc3)nc3cc(Cl)ccc3c2=O)cc1. The maximum Gasteiger partial charge on any atom is 0.266 e. The maximum atomic E-state index is 13.5. The first-order valence-corrected chi connectivity index (χ1v) is 11.8. The van der Waals surface area contributed by atoms with Crippen LogP contribution in [0.2, 0.25) is 5.02 Å². The summed E-state index contributed by atoms with van der Waals surface area (Å²) in [6, 6.07) is 19.8. The van der Waals surface area contributed by atoms with E-state index in [-0.39, 0.29) is 10.5 Å². The number of fused-ring (bicyclic) bond motifs is 1. The van der Waals surface area contributed by atoms with Gasteiger partial charge in [0.1, 0.15) is 5.82 Å². The average Bonchev–Trinajstić information content (AvgIpc) is 2.79. The summed E-state index contributed by atoms with van der Waals surface area (Å²) in [5.74, 6) is 0.302. The van der Waals surface area contributed by atoms with Gasteiger partial charge in [-0.3, -0.25) is 9.36 Å². The molecule has 4 rings (SSSR count). The molecule has 1 heterocycles. The number of sulfonamides is 1. The van der Waals surface area contributed by atoms with Crippen LogP contribution < -0.4 is 5.56 Å². The summed E-state index contributed by atoms with van der Waals surface area (Å²) in [6.45, 7) is 3.67.